The summed E-state index contributed by atoms with van der Waals surface area (Å²) in [6, 6.07) is 13.8. The van der Waals surface area contributed by atoms with Crippen molar-refractivity contribution in [1.29, 1.82) is 0 Å². The summed E-state index contributed by atoms with van der Waals surface area (Å²) in [5.41, 5.74) is 3.66. The van der Waals surface area contributed by atoms with E-state index in [9.17, 15) is 4.79 Å². The lowest BCUT2D eigenvalue weighted by Gasteiger charge is -2.55. The van der Waals surface area contributed by atoms with Gasteiger partial charge in [-0.1, -0.05) is 36.8 Å². The van der Waals surface area contributed by atoms with Gasteiger partial charge in [-0.2, -0.15) is 5.10 Å². The van der Waals surface area contributed by atoms with Crippen molar-refractivity contribution in [2.45, 2.75) is 43.8 Å². The number of carbonyl (C=O) groups is 1. The van der Waals surface area contributed by atoms with Crippen molar-refractivity contribution in [1.82, 2.24) is 14.7 Å². The monoisotopic (exact) mass is 416 g/mol. The van der Waals surface area contributed by atoms with E-state index in [0.29, 0.717) is 11.6 Å². The Morgan fingerprint density at radius 2 is 2.00 bits per heavy atom. The second kappa shape index (κ2) is 6.76. The molecule has 6 rings (SSSR count). The van der Waals surface area contributed by atoms with Gasteiger partial charge in [0.15, 0.2) is 0 Å². The van der Waals surface area contributed by atoms with Gasteiger partial charge in [-0.15, -0.1) is 0 Å². The number of carbonyl (C=O) groups excluding carboxylic acids is 1. The standard InChI is InChI=1S/C25H25FN4O/c1-28-15-19(14-27-28)17-9-10-18(22(26)13-17)16-29-23-8-3-2-7-21(23)25(24(29)31)11-12-30(25)20-5-4-6-20/h2-3,7-10,13-15,20H,4-6,11-12,16H2,1H3. The van der Waals surface area contributed by atoms with E-state index in [4.69, 9.17) is 0 Å². The predicted molar refractivity (Wildman–Crippen MR) is 117 cm³/mol. The summed E-state index contributed by atoms with van der Waals surface area (Å²) >= 11 is 0. The zero-order valence-electron chi connectivity index (χ0n) is 17.6. The maximum absolute atomic E-state index is 15.1. The molecule has 0 radical (unpaired) electrons. The number of likely N-dealkylation sites (tertiary alicyclic amines) is 1. The molecule has 1 amide bonds. The van der Waals surface area contributed by atoms with Crippen molar-refractivity contribution in [3.05, 3.63) is 71.8 Å². The second-order valence-electron chi connectivity index (χ2n) is 9.01. The van der Waals surface area contributed by atoms with Crippen LogP contribution >= 0.6 is 0 Å². The summed E-state index contributed by atoms with van der Waals surface area (Å²) in [5.74, 6) is -0.195. The molecular formula is C25H25FN4O. The Morgan fingerprint density at radius 1 is 1.16 bits per heavy atom. The third-order valence-electron chi connectivity index (χ3n) is 7.38. The van der Waals surface area contributed by atoms with Crippen LogP contribution in [0.1, 0.15) is 36.8 Å². The molecule has 1 unspecified atom stereocenters. The molecule has 0 N–H and O–H groups in total. The molecule has 2 aliphatic heterocycles. The first-order valence-corrected chi connectivity index (χ1v) is 11.0. The van der Waals surface area contributed by atoms with Gasteiger partial charge < -0.3 is 4.90 Å². The van der Waals surface area contributed by atoms with Crippen LogP contribution in [-0.4, -0.2) is 33.2 Å². The molecule has 6 heteroatoms. The highest BCUT2D eigenvalue weighted by atomic mass is 19.1. The Hall–Kier alpha value is -2.99. The molecule has 5 nitrogen and oxygen atoms in total. The minimum Gasteiger partial charge on any atom is -0.306 e. The molecule has 2 aromatic carbocycles. The fraction of sp³-hybridized carbons (Fsp3) is 0.360. The third-order valence-corrected chi connectivity index (χ3v) is 7.38. The van der Waals surface area contributed by atoms with Crippen molar-refractivity contribution < 1.29 is 9.18 Å². The number of halogens is 1. The molecule has 1 saturated carbocycles. The SMILES string of the molecule is Cn1cc(-c2ccc(CN3C(=O)C4(CCN4C4CCC4)c4ccccc43)c(F)c2)cn1. The van der Waals surface area contributed by atoms with Crippen LogP contribution in [0.2, 0.25) is 0 Å². The lowest BCUT2D eigenvalue weighted by atomic mass is 9.74. The molecule has 3 aromatic rings. The smallest absolute Gasteiger partial charge is 0.252 e. The minimum atomic E-state index is -0.548. The molecule has 1 aromatic heterocycles. The highest BCUT2D eigenvalue weighted by molar-refractivity contribution is 6.08. The van der Waals surface area contributed by atoms with Gasteiger partial charge >= 0.3 is 0 Å². The maximum atomic E-state index is 15.1. The van der Waals surface area contributed by atoms with Gasteiger partial charge in [0.25, 0.3) is 5.91 Å². The molecule has 0 bridgehead atoms. The molecule has 1 saturated heterocycles. The van der Waals surface area contributed by atoms with Crippen LogP contribution in [0.5, 0.6) is 0 Å². The molecule has 1 aliphatic carbocycles. The number of benzene rings is 2. The summed E-state index contributed by atoms with van der Waals surface area (Å²) in [4.78, 5) is 18.0. The quantitative estimate of drug-likeness (QED) is 0.639. The Bertz CT molecular complexity index is 1180. The first-order chi connectivity index (χ1) is 15.1. The lowest BCUT2D eigenvalue weighted by Crippen LogP contribution is -2.66. The second-order valence-corrected chi connectivity index (χ2v) is 9.01. The number of nitrogens with zero attached hydrogens (tertiary/aromatic N) is 4. The van der Waals surface area contributed by atoms with E-state index in [1.807, 2.05) is 37.5 Å². The first-order valence-electron chi connectivity index (χ1n) is 11.0. The molecule has 158 valence electrons. The highest BCUT2D eigenvalue weighted by Gasteiger charge is 2.61. The largest absolute Gasteiger partial charge is 0.306 e. The first kappa shape index (κ1) is 18.8. The number of fused-ring (bicyclic) bond motifs is 2. The fourth-order valence-electron chi connectivity index (χ4n) is 5.44. The van der Waals surface area contributed by atoms with Gasteiger partial charge in [0.2, 0.25) is 0 Å². The maximum Gasteiger partial charge on any atom is 0.252 e. The zero-order valence-corrected chi connectivity index (χ0v) is 17.6. The summed E-state index contributed by atoms with van der Waals surface area (Å²) in [5, 5.41) is 4.16. The van der Waals surface area contributed by atoms with Crippen molar-refractivity contribution >= 4 is 11.6 Å². The summed E-state index contributed by atoms with van der Waals surface area (Å²) in [6.07, 6.45) is 8.01. The molecule has 1 atom stereocenters. The van der Waals surface area contributed by atoms with Crippen LogP contribution in [-0.2, 0) is 23.9 Å². The number of para-hydroxylation sites is 1. The van der Waals surface area contributed by atoms with Crippen LogP contribution in [0, 0.1) is 5.82 Å². The minimum absolute atomic E-state index is 0.0996. The number of aromatic nitrogens is 2. The van der Waals surface area contributed by atoms with Crippen molar-refractivity contribution in [2.24, 2.45) is 7.05 Å². The third kappa shape index (κ3) is 2.64. The van der Waals surface area contributed by atoms with Crippen LogP contribution in [0.25, 0.3) is 11.1 Å². The van der Waals surface area contributed by atoms with Crippen molar-refractivity contribution in [3.8, 4) is 11.1 Å². The Morgan fingerprint density at radius 3 is 2.65 bits per heavy atom. The molecule has 3 heterocycles. The van der Waals surface area contributed by atoms with Gasteiger partial charge in [-0.05, 0) is 37.0 Å². The normalized spacial score (nSPS) is 23.2. The van der Waals surface area contributed by atoms with E-state index >= 15 is 4.39 Å². The molecule has 1 spiro atoms. The Kier molecular flexibility index (Phi) is 4.09. The molecule has 31 heavy (non-hydrogen) atoms. The van der Waals surface area contributed by atoms with Crippen LogP contribution in [0.4, 0.5) is 10.1 Å². The van der Waals surface area contributed by atoms with Gasteiger partial charge in [0.05, 0.1) is 12.7 Å². The van der Waals surface area contributed by atoms with E-state index in [-0.39, 0.29) is 18.3 Å². The van der Waals surface area contributed by atoms with E-state index in [0.717, 1.165) is 35.3 Å². The number of amides is 1. The fourth-order valence-corrected chi connectivity index (χ4v) is 5.44. The summed E-state index contributed by atoms with van der Waals surface area (Å²) < 4.78 is 16.8. The number of anilines is 1. The van der Waals surface area contributed by atoms with Crippen molar-refractivity contribution in [3.63, 3.8) is 0 Å². The van der Waals surface area contributed by atoms with Gasteiger partial charge in [0, 0.05) is 48.2 Å². The molecular weight excluding hydrogens is 391 g/mol. The average molecular weight is 417 g/mol. The number of hydrogen-bond acceptors (Lipinski definition) is 3. The van der Waals surface area contributed by atoms with Gasteiger partial charge in [-0.25, -0.2) is 4.39 Å². The molecule has 3 aliphatic rings. The van der Waals surface area contributed by atoms with Gasteiger partial charge in [0.1, 0.15) is 11.4 Å². The van der Waals surface area contributed by atoms with Gasteiger partial charge in [-0.3, -0.25) is 14.4 Å². The Labute approximate surface area is 181 Å². The van der Waals surface area contributed by atoms with E-state index in [1.165, 1.54) is 19.3 Å². The predicted octanol–water partition coefficient (Wildman–Crippen LogP) is 4.23. The van der Waals surface area contributed by atoms with Crippen LogP contribution in [0.3, 0.4) is 0 Å². The number of aryl methyl sites for hydroxylation is 1. The molecule has 2 fully saturated rings. The van der Waals surface area contributed by atoms with E-state index in [2.05, 4.69) is 16.1 Å². The van der Waals surface area contributed by atoms with Crippen LogP contribution in [0.15, 0.2) is 54.9 Å². The Balaban J connectivity index is 1.33. The average Bonchev–Trinajstić information content (AvgIpc) is 3.26. The number of rotatable bonds is 4. The van der Waals surface area contributed by atoms with Crippen LogP contribution < -0.4 is 4.90 Å². The topological polar surface area (TPSA) is 41.4 Å². The number of hydrogen-bond donors (Lipinski definition) is 0. The summed E-state index contributed by atoms with van der Waals surface area (Å²) in [7, 11) is 1.84. The zero-order chi connectivity index (χ0) is 21.2. The summed E-state index contributed by atoms with van der Waals surface area (Å²) in [6.45, 7) is 1.21. The van der Waals surface area contributed by atoms with Crippen molar-refractivity contribution in [2.75, 3.05) is 11.4 Å². The highest BCUT2D eigenvalue weighted by Crippen LogP contribution is 2.54. The van der Waals surface area contributed by atoms with E-state index < -0.39 is 5.54 Å². The lowest BCUT2D eigenvalue weighted by molar-refractivity contribution is -0.147. The van der Waals surface area contributed by atoms with E-state index in [1.54, 1.807) is 27.9 Å².